The number of ether oxygens (including phenoxy) is 1. The maximum atomic E-state index is 14.5. The van der Waals surface area contributed by atoms with Gasteiger partial charge in [0.2, 0.25) is 0 Å². The molecule has 6 heteroatoms. The fourth-order valence-corrected chi connectivity index (χ4v) is 4.04. The maximum absolute atomic E-state index is 14.5. The number of halogens is 3. The number of carbonyl (C=O) groups is 1. The van der Waals surface area contributed by atoms with Crippen molar-refractivity contribution in [2.75, 3.05) is 6.61 Å². The van der Waals surface area contributed by atoms with Crippen LogP contribution in [0.25, 0.3) is 0 Å². The highest BCUT2D eigenvalue weighted by molar-refractivity contribution is 5.71. The monoisotopic (exact) mass is 481 g/mol. The Kier molecular flexibility index (Phi) is 9.67. The summed E-state index contributed by atoms with van der Waals surface area (Å²) < 4.78 is 48.4. The average molecular weight is 482 g/mol. The molecule has 184 valence electrons. The third-order valence-corrected chi connectivity index (χ3v) is 5.65. The Balaban J connectivity index is 2.06. The first-order valence-corrected chi connectivity index (χ1v) is 11.7. The molecule has 0 aliphatic heterocycles. The van der Waals surface area contributed by atoms with E-state index >= 15 is 0 Å². The second-order valence-corrected chi connectivity index (χ2v) is 8.25. The third-order valence-electron chi connectivity index (χ3n) is 5.65. The summed E-state index contributed by atoms with van der Waals surface area (Å²) in [6, 6.07) is 27.0. The summed E-state index contributed by atoms with van der Waals surface area (Å²) >= 11 is 0. The Morgan fingerprint density at radius 3 is 1.71 bits per heavy atom. The lowest BCUT2D eigenvalue weighted by atomic mass is 9.94. The van der Waals surface area contributed by atoms with Crippen LogP contribution in [-0.4, -0.2) is 29.7 Å². The molecule has 0 heterocycles. The van der Waals surface area contributed by atoms with Crippen molar-refractivity contribution in [3.8, 4) is 0 Å². The smallest absolute Gasteiger partial charge is 0.413 e. The number of hydrogen-bond donors (Lipinski definition) is 0. The van der Waals surface area contributed by atoms with Crippen molar-refractivity contribution >= 4 is 5.97 Å². The van der Waals surface area contributed by atoms with Crippen LogP contribution in [0, 0.1) is 0 Å². The summed E-state index contributed by atoms with van der Waals surface area (Å²) in [4.78, 5) is 13.8. The first-order chi connectivity index (χ1) is 16.9. The second-order valence-electron chi connectivity index (χ2n) is 8.25. The fraction of sp³-hybridized carbons (Fsp3) is 0.276. The van der Waals surface area contributed by atoms with E-state index in [4.69, 9.17) is 4.74 Å². The molecule has 3 rings (SSSR count). The SMILES string of the molecule is CCOC(=O)C/C=C(/[C@H](Cc1ccccc1)N(Cc1ccccc1)Cc1ccccc1)C(F)(F)F. The lowest BCUT2D eigenvalue weighted by Gasteiger charge is -2.35. The minimum atomic E-state index is -4.61. The van der Waals surface area contributed by atoms with Gasteiger partial charge in [0.15, 0.2) is 0 Å². The van der Waals surface area contributed by atoms with Crippen LogP contribution in [-0.2, 0) is 29.0 Å². The van der Waals surface area contributed by atoms with E-state index in [-0.39, 0.29) is 13.0 Å². The van der Waals surface area contributed by atoms with Crippen LogP contribution in [0.15, 0.2) is 103 Å². The molecule has 0 aliphatic carbocycles. The molecule has 1 atom stereocenters. The first kappa shape index (κ1) is 26.2. The number of carbonyl (C=O) groups excluding carboxylic acids is 1. The lowest BCUT2D eigenvalue weighted by Crippen LogP contribution is -2.41. The number of alkyl halides is 3. The van der Waals surface area contributed by atoms with E-state index in [1.54, 1.807) is 6.92 Å². The molecule has 0 aromatic heterocycles. The van der Waals surface area contributed by atoms with E-state index in [0.29, 0.717) is 13.1 Å². The van der Waals surface area contributed by atoms with E-state index in [1.807, 2.05) is 95.9 Å². The lowest BCUT2D eigenvalue weighted by molar-refractivity contribution is -0.142. The summed E-state index contributed by atoms with van der Waals surface area (Å²) in [7, 11) is 0. The Hall–Kier alpha value is -3.38. The molecule has 0 spiro atoms. The van der Waals surface area contributed by atoms with Crippen molar-refractivity contribution in [2.24, 2.45) is 0 Å². The zero-order valence-electron chi connectivity index (χ0n) is 19.7. The largest absolute Gasteiger partial charge is 0.466 e. The number of benzene rings is 3. The van der Waals surface area contributed by atoms with Crippen molar-refractivity contribution in [1.82, 2.24) is 4.90 Å². The topological polar surface area (TPSA) is 29.5 Å². The summed E-state index contributed by atoms with van der Waals surface area (Å²) in [6.45, 7) is 2.39. The van der Waals surface area contributed by atoms with Crippen LogP contribution >= 0.6 is 0 Å². The molecule has 0 aliphatic rings. The highest BCUT2D eigenvalue weighted by atomic mass is 19.4. The molecule has 0 unspecified atom stereocenters. The van der Waals surface area contributed by atoms with Crippen LogP contribution in [0.1, 0.15) is 30.0 Å². The Morgan fingerprint density at radius 2 is 1.29 bits per heavy atom. The third kappa shape index (κ3) is 8.41. The minimum Gasteiger partial charge on any atom is -0.466 e. The molecule has 3 aromatic rings. The van der Waals surface area contributed by atoms with Gasteiger partial charge in [0.25, 0.3) is 0 Å². The summed E-state index contributed by atoms with van der Waals surface area (Å²) in [5.74, 6) is -0.676. The maximum Gasteiger partial charge on any atom is 0.413 e. The molecule has 3 aromatic carbocycles. The molecule has 3 nitrogen and oxygen atoms in total. The average Bonchev–Trinajstić information content (AvgIpc) is 2.84. The van der Waals surface area contributed by atoms with Crippen molar-refractivity contribution in [3.63, 3.8) is 0 Å². The summed E-state index contributed by atoms with van der Waals surface area (Å²) in [5.41, 5.74) is 1.87. The van der Waals surface area contributed by atoms with Crippen molar-refractivity contribution in [1.29, 1.82) is 0 Å². The normalized spacial score (nSPS) is 13.0. The van der Waals surface area contributed by atoms with E-state index in [0.717, 1.165) is 22.8 Å². The second kappa shape index (κ2) is 12.9. The van der Waals surface area contributed by atoms with Crippen molar-refractivity contribution < 1.29 is 22.7 Å². The van der Waals surface area contributed by atoms with Gasteiger partial charge in [-0.2, -0.15) is 13.2 Å². The molecule has 35 heavy (non-hydrogen) atoms. The molecular weight excluding hydrogens is 451 g/mol. The first-order valence-electron chi connectivity index (χ1n) is 11.7. The number of hydrogen-bond acceptors (Lipinski definition) is 3. The van der Waals surface area contributed by atoms with Gasteiger partial charge in [-0.25, -0.2) is 0 Å². The Morgan fingerprint density at radius 1 is 0.829 bits per heavy atom. The van der Waals surface area contributed by atoms with Crippen LogP contribution in [0.4, 0.5) is 13.2 Å². The van der Waals surface area contributed by atoms with Crippen molar-refractivity contribution in [2.45, 2.75) is 45.1 Å². The molecule has 0 radical (unpaired) electrons. The van der Waals surface area contributed by atoms with Gasteiger partial charge in [-0.15, -0.1) is 0 Å². The molecule has 0 N–H and O–H groups in total. The molecule has 0 fully saturated rings. The molecule has 0 bridgehead atoms. The number of rotatable bonds is 11. The zero-order valence-corrected chi connectivity index (χ0v) is 19.7. The van der Waals surface area contributed by atoms with Gasteiger partial charge in [0, 0.05) is 24.7 Å². The summed E-state index contributed by atoms with van der Waals surface area (Å²) in [6.07, 6.45) is -3.90. The molecule has 0 amide bonds. The van der Waals surface area contributed by atoms with Gasteiger partial charge in [-0.3, -0.25) is 9.69 Å². The van der Waals surface area contributed by atoms with Crippen molar-refractivity contribution in [3.05, 3.63) is 119 Å². The van der Waals surface area contributed by atoms with Crippen LogP contribution in [0.5, 0.6) is 0 Å². The van der Waals surface area contributed by atoms with Crippen LogP contribution < -0.4 is 0 Å². The van der Waals surface area contributed by atoms with E-state index in [1.165, 1.54) is 0 Å². The van der Waals surface area contributed by atoms with Crippen LogP contribution in [0.3, 0.4) is 0 Å². The fourth-order valence-electron chi connectivity index (χ4n) is 4.04. The quantitative estimate of drug-likeness (QED) is 0.224. The molecule has 0 saturated carbocycles. The highest BCUT2D eigenvalue weighted by Gasteiger charge is 2.41. The standard InChI is InChI=1S/C29H30F3NO2/c1-2-35-28(34)19-18-26(29(30,31)32)27(20-23-12-6-3-7-13-23)33(21-24-14-8-4-9-15-24)22-25-16-10-5-11-17-25/h3-18,27H,2,19-22H2,1H3/b26-18-/t27-/m0/s1. The minimum absolute atomic E-state index is 0.121. The van der Waals surface area contributed by atoms with Gasteiger partial charge < -0.3 is 4.74 Å². The Labute approximate surface area is 204 Å². The zero-order chi connectivity index (χ0) is 25.1. The Bertz CT molecular complexity index is 1030. The number of esters is 1. The van der Waals surface area contributed by atoms with Crippen LogP contribution in [0.2, 0.25) is 0 Å². The predicted molar refractivity (Wildman–Crippen MR) is 131 cm³/mol. The number of nitrogens with zero attached hydrogens (tertiary/aromatic N) is 1. The summed E-state index contributed by atoms with van der Waals surface area (Å²) in [5, 5.41) is 0. The van der Waals surface area contributed by atoms with E-state index in [2.05, 4.69) is 0 Å². The van der Waals surface area contributed by atoms with E-state index in [9.17, 15) is 18.0 Å². The van der Waals surface area contributed by atoms with E-state index < -0.39 is 30.2 Å². The van der Waals surface area contributed by atoms with Gasteiger partial charge in [0.05, 0.1) is 13.0 Å². The van der Waals surface area contributed by atoms with Gasteiger partial charge in [0.1, 0.15) is 0 Å². The highest BCUT2D eigenvalue weighted by Crippen LogP contribution is 2.34. The molecule has 0 saturated heterocycles. The van der Waals surface area contributed by atoms with Gasteiger partial charge >= 0.3 is 12.1 Å². The van der Waals surface area contributed by atoms with Gasteiger partial charge in [-0.1, -0.05) is 97.1 Å². The van der Waals surface area contributed by atoms with Gasteiger partial charge in [-0.05, 0) is 30.0 Å². The molecular formula is C29H30F3NO2. The predicted octanol–water partition coefficient (Wildman–Crippen LogP) is 6.74.